The zero-order valence-corrected chi connectivity index (χ0v) is 12.8. The van der Waals surface area contributed by atoms with Crippen LogP contribution in [-0.4, -0.2) is 24.0 Å². The lowest BCUT2D eigenvalue weighted by molar-refractivity contribution is -0.117. The number of carboxylic acids is 1. The van der Waals surface area contributed by atoms with E-state index in [1.54, 1.807) is 30.3 Å². The molecule has 0 aliphatic heterocycles. The Morgan fingerprint density at radius 3 is 2.59 bits per heavy atom. The summed E-state index contributed by atoms with van der Waals surface area (Å²) in [5.74, 6) is -0.439. The van der Waals surface area contributed by atoms with Gasteiger partial charge >= 0.3 is 5.97 Å². The second-order valence-electron chi connectivity index (χ2n) is 4.85. The molecule has 1 N–H and O–H groups in total. The number of hydrogen-bond acceptors (Lipinski definition) is 3. The van der Waals surface area contributed by atoms with E-state index in [4.69, 9.17) is 21.4 Å². The van der Waals surface area contributed by atoms with Crippen LogP contribution in [0.25, 0.3) is 0 Å². The number of aromatic carboxylic acids is 1. The summed E-state index contributed by atoms with van der Waals surface area (Å²) in [6, 6.07) is 11.5. The number of carbonyl (C=O) groups is 2. The average Bonchev–Trinajstić information content (AvgIpc) is 2.47. The molecule has 114 valence electrons. The number of Topliss-reactive ketones (excluding diaryl/α,β-unsaturated/α-hetero) is 1. The molecule has 4 nitrogen and oxygen atoms in total. The van der Waals surface area contributed by atoms with Gasteiger partial charge in [0.05, 0.1) is 12.7 Å². The minimum absolute atomic E-state index is 0.0388. The molecule has 0 fully saturated rings. The van der Waals surface area contributed by atoms with E-state index < -0.39 is 5.97 Å². The van der Waals surface area contributed by atoms with Crippen molar-refractivity contribution in [2.24, 2.45) is 0 Å². The summed E-state index contributed by atoms with van der Waals surface area (Å²) in [5, 5.41) is 9.50. The molecule has 22 heavy (non-hydrogen) atoms. The van der Waals surface area contributed by atoms with Crippen molar-refractivity contribution < 1.29 is 19.4 Å². The van der Waals surface area contributed by atoms with Crippen molar-refractivity contribution in [1.82, 2.24) is 0 Å². The fourth-order valence-corrected chi connectivity index (χ4v) is 2.40. The first-order valence-electron chi connectivity index (χ1n) is 6.66. The predicted molar refractivity (Wildman–Crippen MR) is 83.8 cm³/mol. The van der Waals surface area contributed by atoms with Crippen molar-refractivity contribution in [2.75, 3.05) is 7.11 Å². The van der Waals surface area contributed by atoms with Gasteiger partial charge in [-0.15, -0.1) is 0 Å². The van der Waals surface area contributed by atoms with Crippen LogP contribution in [0, 0.1) is 0 Å². The number of methoxy groups -OCH3 is 1. The summed E-state index contributed by atoms with van der Waals surface area (Å²) in [6.07, 6.45) is 0.345. The maximum atomic E-state index is 12.2. The van der Waals surface area contributed by atoms with Gasteiger partial charge in [0, 0.05) is 23.4 Å². The van der Waals surface area contributed by atoms with Crippen LogP contribution in [-0.2, 0) is 17.6 Å². The molecule has 0 aromatic heterocycles. The highest BCUT2D eigenvalue weighted by Gasteiger charge is 2.11. The van der Waals surface area contributed by atoms with Crippen molar-refractivity contribution in [1.29, 1.82) is 0 Å². The standard InChI is InChI=1S/C17H15ClO4/c1-22-16-6-5-14(18)9-13(16)10-15(19)8-11-3-2-4-12(7-11)17(20)21/h2-7,9H,8,10H2,1H3,(H,20,21). The Balaban J connectivity index is 2.12. The number of benzene rings is 2. The van der Waals surface area contributed by atoms with Crippen molar-refractivity contribution >= 4 is 23.4 Å². The number of hydrogen-bond donors (Lipinski definition) is 1. The van der Waals surface area contributed by atoms with Crippen molar-refractivity contribution in [3.05, 3.63) is 64.2 Å². The number of halogens is 1. The molecule has 0 bridgehead atoms. The summed E-state index contributed by atoms with van der Waals surface area (Å²) in [4.78, 5) is 23.1. The minimum Gasteiger partial charge on any atom is -0.496 e. The Labute approximate surface area is 133 Å². The van der Waals surface area contributed by atoms with E-state index in [1.165, 1.54) is 19.2 Å². The molecule has 0 unspecified atom stereocenters. The quantitative estimate of drug-likeness (QED) is 0.886. The van der Waals surface area contributed by atoms with Gasteiger partial charge in [-0.2, -0.15) is 0 Å². The minimum atomic E-state index is -1.01. The first kappa shape index (κ1) is 16.0. The van der Waals surface area contributed by atoms with Gasteiger partial charge < -0.3 is 9.84 Å². The summed E-state index contributed by atoms with van der Waals surface area (Å²) in [7, 11) is 1.54. The van der Waals surface area contributed by atoms with Gasteiger partial charge in [-0.3, -0.25) is 4.79 Å². The number of ether oxygens (including phenoxy) is 1. The van der Waals surface area contributed by atoms with E-state index in [0.29, 0.717) is 16.3 Å². The molecule has 5 heteroatoms. The first-order valence-corrected chi connectivity index (χ1v) is 7.03. The summed E-state index contributed by atoms with van der Waals surface area (Å²) in [5.41, 5.74) is 1.56. The molecule has 0 saturated heterocycles. The first-order chi connectivity index (χ1) is 10.5. The molecule has 0 saturated carbocycles. The second-order valence-corrected chi connectivity index (χ2v) is 5.29. The highest BCUT2D eigenvalue weighted by molar-refractivity contribution is 6.30. The van der Waals surface area contributed by atoms with Crippen LogP contribution in [0.2, 0.25) is 5.02 Å². The Morgan fingerprint density at radius 2 is 1.91 bits per heavy atom. The van der Waals surface area contributed by atoms with Gasteiger partial charge in [0.15, 0.2) is 0 Å². The van der Waals surface area contributed by atoms with Crippen LogP contribution >= 0.6 is 11.6 Å². The van der Waals surface area contributed by atoms with E-state index in [2.05, 4.69) is 0 Å². The monoisotopic (exact) mass is 318 g/mol. The molecule has 0 aliphatic rings. The third-order valence-corrected chi connectivity index (χ3v) is 3.44. The largest absolute Gasteiger partial charge is 0.496 e. The second kappa shape index (κ2) is 7.09. The van der Waals surface area contributed by atoms with Crippen LogP contribution in [0.15, 0.2) is 42.5 Å². The van der Waals surface area contributed by atoms with E-state index in [-0.39, 0.29) is 24.2 Å². The molecule has 0 atom stereocenters. The summed E-state index contributed by atoms with van der Waals surface area (Å²) >= 11 is 5.94. The maximum absolute atomic E-state index is 12.2. The molecular weight excluding hydrogens is 304 g/mol. The third-order valence-electron chi connectivity index (χ3n) is 3.21. The zero-order valence-electron chi connectivity index (χ0n) is 12.0. The molecular formula is C17H15ClO4. The van der Waals surface area contributed by atoms with Gasteiger partial charge in [0.2, 0.25) is 0 Å². The van der Waals surface area contributed by atoms with E-state index >= 15 is 0 Å². The molecule has 2 rings (SSSR count). The van der Waals surface area contributed by atoms with Crippen molar-refractivity contribution in [3.8, 4) is 5.75 Å². The van der Waals surface area contributed by atoms with E-state index in [0.717, 1.165) is 5.56 Å². The number of ketones is 1. The zero-order chi connectivity index (χ0) is 16.1. The molecule has 0 radical (unpaired) electrons. The smallest absolute Gasteiger partial charge is 0.335 e. The molecule has 0 aliphatic carbocycles. The van der Waals surface area contributed by atoms with Crippen LogP contribution in [0.5, 0.6) is 5.75 Å². The van der Waals surface area contributed by atoms with Crippen LogP contribution in [0.4, 0.5) is 0 Å². The van der Waals surface area contributed by atoms with Crippen LogP contribution in [0.1, 0.15) is 21.5 Å². The number of carbonyl (C=O) groups excluding carboxylic acids is 1. The normalized spacial score (nSPS) is 10.3. The lowest BCUT2D eigenvalue weighted by Crippen LogP contribution is -2.08. The fourth-order valence-electron chi connectivity index (χ4n) is 2.20. The third kappa shape index (κ3) is 4.09. The van der Waals surface area contributed by atoms with Crippen molar-refractivity contribution in [2.45, 2.75) is 12.8 Å². The van der Waals surface area contributed by atoms with Gasteiger partial charge in [0.1, 0.15) is 11.5 Å². The Bertz CT molecular complexity index is 710. The van der Waals surface area contributed by atoms with Gasteiger partial charge in [0.25, 0.3) is 0 Å². The van der Waals surface area contributed by atoms with Gasteiger partial charge in [-0.1, -0.05) is 23.7 Å². The molecule has 2 aromatic rings. The molecule has 0 amide bonds. The topological polar surface area (TPSA) is 63.6 Å². The highest BCUT2D eigenvalue weighted by Crippen LogP contribution is 2.23. The Morgan fingerprint density at radius 1 is 1.14 bits per heavy atom. The highest BCUT2D eigenvalue weighted by atomic mass is 35.5. The van der Waals surface area contributed by atoms with Crippen LogP contribution in [0.3, 0.4) is 0 Å². The van der Waals surface area contributed by atoms with Gasteiger partial charge in [-0.25, -0.2) is 4.79 Å². The Kier molecular flexibility index (Phi) is 5.17. The number of carboxylic acid groups (broad SMARTS) is 1. The maximum Gasteiger partial charge on any atom is 0.335 e. The van der Waals surface area contributed by atoms with E-state index in [9.17, 15) is 9.59 Å². The summed E-state index contributed by atoms with van der Waals surface area (Å²) < 4.78 is 5.21. The van der Waals surface area contributed by atoms with Gasteiger partial charge in [-0.05, 0) is 35.9 Å². The fraction of sp³-hybridized carbons (Fsp3) is 0.176. The summed E-state index contributed by atoms with van der Waals surface area (Å²) in [6.45, 7) is 0. The predicted octanol–water partition coefficient (Wildman–Crippen LogP) is 3.40. The molecule has 2 aromatic carbocycles. The lowest BCUT2D eigenvalue weighted by atomic mass is 10.0. The lowest BCUT2D eigenvalue weighted by Gasteiger charge is -2.08. The van der Waals surface area contributed by atoms with Crippen LogP contribution < -0.4 is 4.74 Å². The molecule has 0 spiro atoms. The van der Waals surface area contributed by atoms with E-state index in [1.807, 2.05) is 0 Å². The average molecular weight is 319 g/mol. The SMILES string of the molecule is COc1ccc(Cl)cc1CC(=O)Cc1cccc(C(=O)O)c1. The molecule has 0 heterocycles. The van der Waals surface area contributed by atoms with Crippen molar-refractivity contribution in [3.63, 3.8) is 0 Å². The Hall–Kier alpha value is -2.33. The number of rotatable bonds is 6.